The number of carbonyl (C=O) groups excluding carboxylic acids is 3. The molecule has 0 aliphatic carbocycles. The molecule has 0 aromatic heterocycles. The molecule has 0 aromatic rings. The lowest BCUT2D eigenvalue weighted by molar-refractivity contribution is -0.149. The van der Waals surface area contributed by atoms with Crippen LogP contribution in [0.4, 0.5) is 4.79 Å². The van der Waals surface area contributed by atoms with Crippen LogP contribution in [0.1, 0.15) is 59.3 Å². The predicted molar refractivity (Wildman–Crippen MR) is 91.0 cm³/mol. The summed E-state index contributed by atoms with van der Waals surface area (Å²) in [6.45, 7) is 5.59. The number of imide groups is 1. The monoisotopic (exact) mass is 342 g/mol. The van der Waals surface area contributed by atoms with Crippen molar-refractivity contribution in [1.82, 2.24) is 10.2 Å². The van der Waals surface area contributed by atoms with E-state index in [1.54, 1.807) is 6.92 Å². The maximum Gasteiger partial charge on any atom is 0.329 e. The van der Waals surface area contributed by atoms with Gasteiger partial charge in [-0.05, 0) is 19.8 Å². The van der Waals surface area contributed by atoms with Crippen molar-refractivity contribution in [3.05, 3.63) is 0 Å². The topological polar surface area (TPSA) is 75.7 Å². The number of nitrogens with zero attached hydrogens (tertiary/aromatic N) is 1. The second-order valence-corrected chi connectivity index (χ2v) is 6.15. The molecule has 0 unspecified atom stereocenters. The van der Waals surface area contributed by atoms with Crippen LogP contribution in [0.3, 0.4) is 0 Å². The van der Waals surface area contributed by atoms with Gasteiger partial charge >= 0.3 is 12.0 Å². The Morgan fingerprint density at radius 1 is 1.17 bits per heavy atom. The summed E-state index contributed by atoms with van der Waals surface area (Å²) < 4.78 is 4.85. The molecule has 1 heterocycles. The Hall–Kier alpha value is -1.50. The maximum absolute atomic E-state index is 13.0. The molecule has 1 rings (SSSR count). The Labute approximate surface area is 142 Å². The number of hydrogen-bond donors (Lipinski definition) is 1. The molecule has 0 bridgehead atoms. The number of amides is 3. The van der Waals surface area contributed by atoms with Gasteiger partial charge in [0.15, 0.2) is 0 Å². The number of nitrogens with one attached hydrogen (secondary N) is 1. The summed E-state index contributed by atoms with van der Waals surface area (Å²) in [5.41, 5.74) is -0.887. The van der Waals surface area contributed by atoms with Crippen LogP contribution >= 0.6 is 12.2 Å². The molecule has 0 atom stereocenters. The highest BCUT2D eigenvalue weighted by molar-refractivity contribution is 7.80. The quantitative estimate of drug-likeness (QED) is 0.515. The third kappa shape index (κ3) is 4.50. The summed E-state index contributed by atoms with van der Waals surface area (Å²) in [6, 6.07) is -0.642. The standard InChI is InChI=1S/C16H26N2O4S/c1-4-7-9-16(10-8-5-2)13(23)17-15(21)18(14(16)20)11-12(19)22-6-3/h4-11H2,1-3H3,(H,17,21,23). The van der Waals surface area contributed by atoms with Gasteiger partial charge in [-0.15, -0.1) is 0 Å². The van der Waals surface area contributed by atoms with Crippen molar-refractivity contribution in [2.75, 3.05) is 13.2 Å². The molecule has 1 aliphatic heterocycles. The van der Waals surface area contributed by atoms with Gasteiger partial charge in [-0.3, -0.25) is 14.5 Å². The summed E-state index contributed by atoms with van der Waals surface area (Å²) in [6.07, 6.45) is 4.68. The zero-order valence-corrected chi connectivity index (χ0v) is 15.0. The largest absolute Gasteiger partial charge is 0.465 e. The number of carbonyl (C=O) groups is 3. The lowest BCUT2D eigenvalue weighted by Crippen LogP contribution is -2.64. The highest BCUT2D eigenvalue weighted by Crippen LogP contribution is 2.37. The van der Waals surface area contributed by atoms with Crippen LogP contribution in [0.25, 0.3) is 0 Å². The van der Waals surface area contributed by atoms with E-state index in [0.29, 0.717) is 12.8 Å². The fraction of sp³-hybridized carbons (Fsp3) is 0.750. The molecule has 7 heteroatoms. The van der Waals surface area contributed by atoms with E-state index in [-0.39, 0.29) is 24.0 Å². The SMILES string of the molecule is CCCCC1(CCCC)C(=O)N(CC(=O)OCC)C(=O)NC1=S. The van der Waals surface area contributed by atoms with Gasteiger partial charge in [-0.25, -0.2) is 4.79 Å². The van der Waals surface area contributed by atoms with E-state index < -0.39 is 17.4 Å². The molecule has 3 amide bonds. The number of thiocarbonyl (C=S) groups is 1. The van der Waals surface area contributed by atoms with Gasteiger partial charge < -0.3 is 10.1 Å². The molecule has 1 saturated heterocycles. The van der Waals surface area contributed by atoms with Gasteiger partial charge in [0.2, 0.25) is 5.91 Å². The van der Waals surface area contributed by atoms with E-state index >= 15 is 0 Å². The normalized spacial score (nSPS) is 17.2. The summed E-state index contributed by atoms with van der Waals surface area (Å²) in [5.74, 6) is -0.968. The number of hydrogen-bond acceptors (Lipinski definition) is 5. The molecule has 130 valence electrons. The smallest absolute Gasteiger partial charge is 0.329 e. The third-order valence-corrected chi connectivity index (χ3v) is 4.55. The van der Waals surface area contributed by atoms with Crippen LogP contribution in [0.15, 0.2) is 0 Å². The minimum Gasteiger partial charge on any atom is -0.465 e. The van der Waals surface area contributed by atoms with Crippen LogP contribution in [0, 0.1) is 5.41 Å². The van der Waals surface area contributed by atoms with E-state index in [1.165, 1.54) is 0 Å². The Kier molecular flexibility index (Phi) is 7.61. The van der Waals surface area contributed by atoms with Gasteiger partial charge in [0.1, 0.15) is 12.0 Å². The van der Waals surface area contributed by atoms with E-state index in [4.69, 9.17) is 17.0 Å². The third-order valence-electron chi connectivity index (χ3n) is 4.06. The number of urea groups is 1. The molecule has 1 N–H and O–H groups in total. The Morgan fingerprint density at radius 3 is 2.22 bits per heavy atom. The minimum atomic E-state index is -0.887. The van der Waals surface area contributed by atoms with Crippen molar-refractivity contribution in [2.45, 2.75) is 59.3 Å². The lowest BCUT2D eigenvalue weighted by atomic mass is 9.75. The predicted octanol–water partition coefficient (Wildman–Crippen LogP) is 2.80. The molecule has 1 aliphatic rings. The van der Waals surface area contributed by atoms with E-state index in [2.05, 4.69) is 5.32 Å². The van der Waals surface area contributed by atoms with Gasteiger partial charge in [0, 0.05) is 0 Å². The Bertz CT molecular complexity index is 471. The summed E-state index contributed by atoms with van der Waals surface area (Å²) in [4.78, 5) is 38.0. The van der Waals surface area contributed by atoms with Crippen molar-refractivity contribution in [3.63, 3.8) is 0 Å². The molecule has 0 radical (unpaired) electrons. The van der Waals surface area contributed by atoms with Crippen molar-refractivity contribution >= 4 is 35.1 Å². The summed E-state index contributed by atoms with van der Waals surface area (Å²) in [5, 5.41) is 2.61. The van der Waals surface area contributed by atoms with Gasteiger partial charge in [-0.1, -0.05) is 51.7 Å². The number of unbranched alkanes of at least 4 members (excludes halogenated alkanes) is 2. The second-order valence-electron chi connectivity index (χ2n) is 5.74. The van der Waals surface area contributed by atoms with Gasteiger partial charge in [-0.2, -0.15) is 0 Å². The maximum atomic E-state index is 13.0. The molecule has 23 heavy (non-hydrogen) atoms. The van der Waals surface area contributed by atoms with E-state index in [1.807, 2.05) is 13.8 Å². The van der Waals surface area contributed by atoms with Crippen LogP contribution in [-0.4, -0.2) is 40.9 Å². The van der Waals surface area contributed by atoms with E-state index in [9.17, 15) is 14.4 Å². The van der Waals surface area contributed by atoms with Crippen LogP contribution in [0.2, 0.25) is 0 Å². The molecule has 0 saturated carbocycles. The first-order valence-corrected chi connectivity index (χ1v) is 8.66. The highest BCUT2D eigenvalue weighted by Gasteiger charge is 2.50. The number of rotatable bonds is 9. The van der Waals surface area contributed by atoms with Gasteiger partial charge in [0.05, 0.1) is 11.6 Å². The molecule has 6 nitrogen and oxygen atoms in total. The average Bonchev–Trinajstić information content (AvgIpc) is 2.51. The van der Waals surface area contributed by atoms with Crippen LogP contribution in [-0.2, 0) is 14.3 Å². The first-order chi connectivity index (χ1) is 10.9. The van der Waals surface area contributed by atoms with Crippen molar-refractivity contribution in [3.8, 4) is 0 Å². The number of ether oxygens (including phenoxy) is 1. The number of esters is 1. The van der Waals surface area contributed by atoms with E-state index in [0.717, 1.165) is 30.6 Å². The fourth-order valence-electron chi connectivity index (χ4n) is 2.73. The van der Waals surface area contributed by atoms with Crippen molar-refractivity contribution in [2.24, 2.45) is 5.41 Å². The fourth-order valence-corrected chi connectivity index (χ4v) is 3.11. The van der Waals surface area contributed by atoms with Crippen LogP contribution in [0.5, 0.6) is 0 Å². The average molecular weight is 342 g/mol. The zero-order valence-electron chi connectivity index (χ0n) is 14.1. The summed E-state index contributed by atoms with van der Waals surface area (Å²) in [7, 11) is 0. The Balaban J connectivity index is 3.06. The van der Waals surface area contributed by atoms with Gasteiger partial charge in [0.25, 0.3) is 0 Å². The molecular formula is C16H26N2O4S. The molecular weight excluding hydrogens is 316 g/mol. The van der Waals surface area contributed by atoms with Crippen molar-refractivity contribution < 1.29 is 19.1 Å². The first-order valence-electron chi connectivity index (χ1n) is 8.25. The van der Waals surface area contributed by atoms with Crippen molar-refractivity contribution in [1.29, 1.82) is 0 Å². The molecule has 0 aromatic carbocycles. The zero-order chi connectivity index (χ0) is 17.5. The Morgan fingerprint density at radius 2 is 1.74 bits per heavy atom. The summed E-state index contributed by atoms with van der Waals surface area (Å²) >= 11 is 5.34. The minimum absolute atomic E-state index is 0.206. The molecule has 0 spiro atoms. The molecule has 1 fully saturated rings. The lowest BCUT2D eigenvalue weighted by Gasteiger charge is -2.41. The van der Waals surface area contributed by atoms with Crippen LogP contribution < -0.4 is 5.32 Å². The first kappa shape index (κ1) is 19.5. The second kappa shape index (κ2) is 8.96. The highest BCUT2D eigenvalue weighted by atomic mass is 32.1.